The van der Waals surface area contributed by atoms with Crippen LogP contribution >= 0.6 is 0 Å². The lowest BCUT2D eigenvalue weighted by atomic mass is 9.88. The lowest BCUT2D eigenvalue weighted by Gasteiger charge is -2.45. The molecule has 1 aromatic rings. The van der Waals surface area contributed by atoms with Crippen LogP contribution in [0.3, 0.4) is 0 Å². The van der Waals surface area contributed by atoms with E-state index in [-0.39, 0.29) is 0 Å². The molecule has 1 aliphatic rings. The van der Waals surface area contributed by atoms with Gasteiger partial charge in [-0.2, -0.15) is 0 Å². The second-order valence-corrected chi connectivity index (χ2v) is 7.23. The number of hydrogen-bond acceptors (Lipinski definition) is 4. The van der Waals surface area contributed by atoms with E-state index in [1.807, 2.05) is 6.07 Å². The van der Waals surface area contributed by atoms with Crippen molar-refractivity contribution in [1.82, 2.24) is 9.80 Å². The smallest absolute Gasteiger partial charge is 0.161 e. The minimum Gasteiger partial charge on any atom is -0.493 e. The van der Waals surface area contributed by atoms with Gasteiger partial charge < -0.3 is 14.4 Å². The van der Waals surface area contributed by atoms with Gasteiger partial charge in [-0.05, 0) is 57.0 Å². The summed E-state index contributed by atoms with van der Waals surface area (Å²) in [7, 11) is 5.63. The molecule has 24 heavy (non-hydrogen) atoms. The molecule has 4 heteroatoms. The average Bonchev–Trinajstić information content (AvgIpc) is 2.57. The highest BCUT2D eigenvalue weighted by atomic mass is 16.5. The molecule has 136 valence electrons. The molecule has 1 aliphatic heterocycles. The number of methoxy groups -OCH3 is 2. The number of benzene rings is 1. The molecule has 3 atom stereocenters. The van der Waals surface area contributed by atoms with Crippen LogP contribution in [-0.2, 0) is 6.54 Å². The van der Waals surface area contributed by atoms with Gasteiger partial charge in [0.2, 0.25) is 0 Å². The Kier molecular flexibility index (Phi) is 6.93. The van der Waals surface area contributed by atoms with Gasteiger partial charge in [0.1, 0.15) is 0 Å². The standard InChI is InChI=1S/C20H34N2O2/c1-7-10-22(18-11-16(3)21(4)13-15(18)2)14-17-8-9-19(23-5)20(12-17)24-6/h8-9,12,15-16,18H,7,10-11,13-14H2,1-6H3/t15-,16-,18-/m1/s1. The van der Waals surface area contributed by atoms with Crippen molar-refractivity contribution in [2.24, 2.45) is 5.92 Å². The Labute approximate surface area is 147 Å². The molecule has 1 heterocycles. The SMILES string of the molecule is CCCN(Cc1ccc(OC)c(OC)c1)[C@@H]1C[C@@H](C)N(C)C[C@H]1C. The molecular formula is C20H34N2O2. The summed E-state index contributed by atoms with van der Waals surface area (Å²) in [5.41, 5.74) is 1.29. The van der Waals surface area contributed by atoms with Crippen molar-refractivity contribution in [2.75, 3.05) is 34.4 Å². The zero-order valence-corrected chi connectivity index (χ0v) is 16.2. The molecule has 2 rings (SSSR count). The van der Waals surface area contributed by atoms with Crippen LogP contribution < -0.4 is 9.47 Å². The highest BCUT2D eigenvalue weighted by Crippen LogP contribution is 2.30. The zero-order valence-electron chi connectivity index (χ0n) is 16.2. The Morgan fingerprint density at radius 3 is 2.50 bits per heavy atom. The Morgan fingerprint density at radius 1 is 1.17 bits per heavy atom. The first kappa shape index (κ1) is 19.1. The van der Waals surface area contributed by atoms with Gasteiger partial charge in [-0.1, -0.05) is 19.9 Å². The van der Waals surface area contributed by atoms with Gasteiger partial charge in [0, 0.05) is 25.2 Å². The van der Waals surface area contributed by atoms with Crippen LogP contribution in [0.2, 0.25) is 0 Å². The van der Waals surface area contributed by atoms with Crippen LogP contribution in [0, 0.1) is 5.92 Å². The summed E-state index contributed by atoms with van der Waals surface area (Å²) in [4.78, 5) is 5.15. The van der Waals surface area contributed by atoms with Crippen molar-refractivity contribution >= 4 is 0 Å². The van der Waals surface area contributed by atoms with Crippen molar-refractivity contribution in [1.29, 1.82) is 0 Å². The molecule has 0 unspecified atom stereocenters. The monoisotopic (exact) mass is 334 g/mol. The Bertz CT molecular complexity index is 520. The molecule has 1 fully saturated rings. The fourth-order valence-electron chi connectivity index (χ4n) is 3.89. The van der Waals surface area contributed by atoms with E-state index in [1.54, 1.807) is 14.2 Å². The van der Waals surface area contributed by atoms with Crippen molar-refractivity contribution in [3.63, 3.8) is 0 Å². The summed E-state index contributed by atoms with van der Waals surface area (Å²) in [6.07, 6.45) is 2.42. The Hall–Kier alpha value is -1.26. The third-order valence-electron chi connectivity index (χ3n) is 5.38. The second-order valence-electron chi connectivity index (χ2n) is 7.23. The molecule has 1 saturated heterocycles. The van der Waals surface area contributed by atoms with Gasteiger partial charge in [0.15, 0.2) is 11.5 Å². The molecule has 0 aromatic heterocycles. The van der Waals surface area contributed by atoms with E-state index in [4.69, 9.17) is 9.47 Å². The maximum atomic E-state index is 5.47. The van der Waals surface area contributed by atoms with E-state index in [0.717, 1.165) is 24.6 Å². The highest BCUT2D eigenvalue weighted by molar-refractivity contribution is 5.42. The maximum absolute atomic E-state index is 5.47. The van der Waals surface area contributed by atoms with Crippen molar-refractivity contribution < 1.29 is 9.47 Å². The van der Waals surface area contributed by atoms with Crippen molar-refractivity contribution in [3.05, 3.63) is 23.8 Å². The molecule has 0 N–H and O–H groups in total. The lowest BCUT2D eigenvalue weighted by Crippen LogP contribution is -2.52. The van der Waals surface area contributed by atoms with E-state index >= 15 is 0 Å². The van der Waals surface area contributed by atoms with Gasteiger partial charge in [-0.3, -0.25) is 4.90 Å². The summed E-state index contributed by atoms with van der Waals surface area (Å²) >= 11 is 0. The third kappa shape index (κ3) is 4.42. The second kappa shape index (κ2) is 8.72. The molecule has 0 spiro atoms. The first-order valence-electron chi connectivity index (χ1n) is 9.15. The number of rotatable bonds is 7. The minimum absolute atomic E-state index is 0.643. The normalized spacial score (nSPS) is 25.0. The summed E-state index contributed by atoms with van der Waals surface area (Å²) < 4.78 is 10.8. The molecule has 0 amide bonds. The topological polar surface area (TPSA) is 24.9 Å². The van der Waals surface area contributed by atoms with Gasteiger partial charge in [-0.25, -0.2) is 0 Å². The van der Waals surface area contributed by atoms with Crippen LogP contribution in [0.25, 0.3) is 0 Å². The van der Waals surface area contributed by atoms with Crippen LogP contribution in [0.1, 0.15) is 39.2 Å². The summed E-state index contributed by atoms with van der Waals surface area (Å²) in [5.74, 6) is 2.30. The van der Waals surface area contributed by atoms with E-state index in [0.29, 0.717) is 18.0 Å². The fourth-order valence-corrected chi connectivity index (χ4v) is 3.89. The van der Waals surface area contributed by atoms with E-state index in [9.17, 15) is 0 Å². The fraction of sp³-hybridized carbons (Fsp3) is 0.700. The number of likely N-dealkylation sites (tertiary alicyclic amines) is 1. The van der Waals surface area contributed by atoms with Gasteiger partial charge in [0.05, 0.1) is 14.2 Å². The van der Waals surface area contributed by atoms with Crippen LogP contribution in [0.5, 0.6) is 11.5 Å². The number of ether oxygens (including phenoxy) is 2. The number of piperidine rings is 1. The summed E-state index contributed by atoms with van der Waals surface area (Å²) in [6, 6.07) is 7.58. The Morgan fingerprint density at radius 2 is 1.88 bits per heavy atom. The molecule has 0 saturated carbocycles. The van der Waals surface area contributed by atoms with Crippen LogP contribution in [-0.4, -0.2) is 56.2 Å². The van der Waals surface area contributed by atoms with E-state index < -0.39 is 0 Å². The zero-order chi connectivity index (χ0) is 17.7. The highest BCUT2D eigenvalue weighted by Gasteiger charge is 2.32. The van der Waals surface area contributed by atoms with Crippen LogP contribution in [0.15, 0.2) is 18.2 Å². The van der Waals surface area contributed by atoms with Crippen molar-refractivity contribution in [3.8, 4) is 11.5 Å². The largest absolute Gasteiger partial charge is 0.493 e. The average molecular weight is 335 g/mol. The molecular weight excluding hydrogens is 300 g/mol. The number of hydrogen-bond donors (Lipinski definition) is 0. The molecule has 0 aliphatic carbocycles. The van der Waals surface area contributed by atoms with E-state index in [1.165, 1.54) is 24.9 Å². The molecule has 0 bridgehead atoms. The third-order valence-corrected chi connectivity index (χ3v) is 5.38. The first-order chi connectivity index (χ1) is 11.5. The predicted molar refractivity (Wildman–Crippen MR) is 99.9 cm³/mol. The van der Waals surface area contributed by atoms with Gasteiger partial charge >= 0.3 is 0 Å². The summed E-state index contributed by atoms with van der Waals surface area (Å²) in [5, 5.41) is 0. The Balaban J connectivity index is 2.16. The van der Waals surface area contributed by atoms with Gasteiger partial charge in [-0.15, -0.1) is 0 Å². The first-order valence-corrected chi connectivity index (χ1v) is 9.15. The molecule has 1 aromatic carbocycles. The minimum atomic E-state index is 0.643. The predicted octanol–water partition coefficient (Wildman–Crippen LogP) is 3.64. The maximum Gasteiger partial charge on any atom is 0.161 e. The van der Waals surface area contributed by atoms with Crippen LogP contribution in [0.4, 0.5) is 0 Å². The summed E-state index contributed by atoms with van der Waals surface area (Å²) in [6.45, 7) is 10.3. The quantitative estimate of drug-likeness (QED) is 0.760. The molecule has 0 radical (unpaired) electrons. The molecule has 4 nitrogen and oxygen atoms in total. The number of nitrogens with zero attached hydrogens (tertiary/aromatic N) is 2. The lowest BCUT2D eigenvalue weighted by molar-refractivity contribution is 0.0410. The van der Waals surface area contributed by atoms with Crippen molar-refractivity contribution in [2.45, 2.75) is 52.2 Å². The van der Waals surface area contributed by atoms with Gasteiger partial charge in [0.25, 0.3) is 0 Å². The van der Waals surface area contributed by atoms with E-state index in [2.05, 4.69) is 49.8 Å².